The molecule has 0 saturated heterocycles. The van der Waals surface area contributed by atoms with Crippen molar-refractivity contribution in [1.82, 2.24) is 5.32 Å². The molecule has 1 heterocycles. The van der Waals surface area contributed by atoms with Gasteiger partial charge in [-0.15, -0.1) is 0 Å². The SMILES string of the molecule is CC(C)[C@H](C)NC(=O)c1cccc(S(=O)(=O)N2CCc3ccccc32)c1. The number of hydrogen-bond donors (Lipinski definition) is 1. The molecule has 1 aliphatic heterocycles. The van der Waals surface area contributed by atoms with E-state index in [9.17, 15) is 13.2 Å². The van der Waals surface area contributed by atoms with Gasteiger partial charge in [-0.25, -0.2) is 8.42 Å². The van der Waals surface area contributed by atoms with E-state index in [1.165, 1.54) is 10.4 Å². The first kappa shape index (κ1) is 18.5. The van der Waals surface area contributed by atoms with Crippen LogP contribution >= 0.6 is 0 Å². The maximum absolute atomic E-state index is 13.1. The number of carbonyl (C=O) groups excluding carboxylic acids is 1. The van der Waals surface area contributed by atoms with Crippen LogP contribution in [0.5, 0.6) is 0 Å². The van der Waals surface area contributed by atoms with Gasteiger partial charge in [-0.2, -0.15) is 0 Å². The Hall–Kier alpha value is -2.34. The molecule has 1 amide bonds. The number of sulfonamides is 1. The lowest BCUT2D eigenvalue weighted by molar-refractivity contribution is 0.0930. The maximum atomic E-state index is 13.1. The van der Waals surface area contributed by atoms with Crippen LogP contribution in [-0.4, -0.2) is 26.9 Å². The van der Waals surface area contributed by atoms with Gasteiger partial charge in [0.2, 0.25) is 0 Å². The number of para-hydroxylation sites is 1. The van der Waals surface area contributed by atoms with Crippen LogP contribution in [-0.2, 0) is 16.4 Å². The number of carbonyl (C=O) groups is 1. The van der Waals surface area contributed by atoms with Crippen molar-refractivity contribution in [3.63, 3.8) is 0 Å². The second kappa shape index (κ2) is 7.11. The van der Waals surface area contributed by atoms with Gasteiger partial charge < -0.3 is 5.32 Å². The van der Waals surface area contributed by atoms with Gasteiger partial charge in [0.15, 0.2) is 0 Å². The zero-order valence-corrected chi connectivity index (χ0v) is 16.1. The summed E-state index contributed by atoms with van der Waals surface area (Å²) in [6.07, 6.45) is 0.696. The normalized spacial score (nSPS) is 15.0. The van der Waals surface area contributed by atoms with Crippen LogP contribution in [0.15, 0.2) is 53.4 Å². The van der Waals surface area contributed by atoms with Crippen LogP contribution in [0.25, 0.3) is 0 Å². The summed E-state index contributed by atoms with van der Waals surface area (Å²) < 4.78 is 27.6. The van der Waals surface area contributed by atoms with Gasteiger partial charge >= 0.3 is 0 Å². The molecule has 3 rings (SSSR count). The molecule has 26 heavy (non-hydrogen) atoms. The molecular formula is C20H24N2O3S. The van der Waals surface area contributed by atoms with Crippen LogP contribution < -0.4 is 9.62 Å². The lowest BCUT2D eigenvalue weighted by Crippen LogP contribution is -2.36. The molecule has 0 spiro atoms. The monoisotopic (exact) mass is 372 g/mol. The molecule has 0 bridgehead atoms. The minimum atomic E-state index is -3.70. The summed E-state index contributed by atoms with van der Waals surface area (Å²) in [7, 11) is -3.70. The van der Waals surface area contributed by atoms with Gasteiger partial charge in [0.05, 0.1) is 10.6 Å². The molecule has 1 atom stereocenters. The summed E-state index contributed by atoms with van der Waals surface area (Å²) in [5.74, 6) is 0.0389. The van der Waals surface area contributed by atoms with Gasteiger partial charge in [-0.3, -0.25) is 9.10 Å². The van der Waals surface area contributed by atoms with E-state index in [1.807, 2.05) is 45.0 Å². The van der Waals surface area contributed by atoms with E-state index < -0.39 is 10.0 Å². The van der Waals surface area contributed by atoms with E-state index in [4.69, 9.17) is 0 Å². The number of fused-ring (bicyclic) bond motifs is 1. The number of amides is 1. The summed E-state index contributed by atoms with van der Waals surface area (Å²) in [6.45, 7) is 6.40. The van der Waals surface area contributed by atoms with E-state index in [2.05, 4.69) is 5.32 Å². The quantitative estimate of drug-likeness (QED) is 0.876. The number of nitrogens with zero attached hydrogens (tertiary/aromatic N) is 1. The summed E-state index contributed by atoms with van der Waals surface area (Å²) in [5.41, 5.74) is 2.09. The third-order valence-corrected chi connectivity index (χ3v) is 6.70. The van der Waals surface area contributed by atoms with E-state index in [0.29, 0.717) is 24.4 Å². The van der Waals surface area contributed by atoms with E-state index in [-0.39, 0.29) is 16.8 Å². The Kier molecular flexibility index (Phi) is 5.05. The van der Waals surface area contributed by atoms with Gasteiger partial charge in [-0.05, 0) is 49.1 Å². The molecule has 1 aliphatic rings. The molecule has 0 unspecified atom stereocenters. The molecule has 1 N–H and O–H groups in total. The van der Waals surface area contributed by atoms with Crippen molar-refractivity contribution in [3.8, 4) is 0 Å². The van der Waals surface area contributed by atoms with Crippen molar-refractivity contribution in [2.24, 2.45) is 5.92 Å². The highest BCUT2D eigenvalue weighted by atomic mass is 32.2. The Morgan fingerprint density at radius 1 is 1.08 bits per heavy atom. The average molecular weight is 372 g/mol. The third kappa shape index (κ3) is 3.46. The highest BCUT2D eigenvalue weighted by Crippen LogP contribution is 2.32. The van der Waals surface area contributed by atoms with E-state index in [1.54, 1.807) is 18.2 Å². The second-order valence-corrected chi connectivity index (χ2v) is 8.85. The fraction of sp³-hybridized carbons (Fsp3) is 0.350. The predicted octanol–water partition coefficient (Wildman–Crippen LogP) is 3.21. The lowest BCUT2D eigenvalue weighted by atomic mass is 10.1. The topological polar surface area (TPSA) is 66.5 Å². The van der Waals surface area contributed by atoms with Gasteiger partial charge in [-0.1, -0.05) is 38.1 Å². The van der Waals surface area contributed by atoms with E-state index >= 15 is 0 Å². The molecule has 138 valence electrons. The maximum Gasteiger partial charge on any atom is 0.264 e. The molecule has 0 aromatic heterocycles. The van der Waals surface area contributed by atoms with Crippen molar-refractivity contribution in [2.75, 3.05) is 10.8 Å². The van der Waals surface area contributed by atoms with Crippen molar-refractivity contribution in [2.45, 2.75) is 38.1 Å². The number of anilines is 1. The first-order chi connectivity index (χ1) is 12.3. The van der Waals surface area contributed by atoms with Crippen LogP contribution in [0.3, 0.4) is 0 Å². The Morgan fingerprint density at radius 2 is 1.81 bits per heavy atom. The molecule has 0 fully saturated rings. The lowest BCUT2D eigenvalue weighted by Gasteiger charge is -2.20. The Labute approximate surface area is 155 Å². The number of hydrogen-bond acceptors (Lipinski definition) is 3. The average Bonchev–Trinajstić information content (AvgIpc) is 3.06. The van der Waals surface area contributed by atoms with Gasteiger partial charge in [0, 0.05) is 18.2 Å². The number of benzene rings is 2. The van der Waals surface area contributed by atoms with Gasteiger partial charge in [0.25, 0.3) is 15.9 Å². The van der Waals surface area contributed by atoms with E-state index in [0.717, 1.165) is 11.3 Å². The summed E-state index contributed by atoms with van der Waals surface area (Å²) in [6, 6.07) is 13.8. The van der Waals surface area contributed by atoms with Crippen LogP contribution in [0.2, 0.25) is 0 Å². The fourth-order valence-corrected chi connectivity index (χ4v) is 4.49. The summed E-state index contributed by atoms with van der Waals surface area (Å²) >= 11 is 0. The van der Waals surface area contributed by atoms with Crippen molar-refractivity contribution >= 4 is 21.6 Å². The molecule has 5 nitrogen and oxygen atoms in total. The molecular weight excluding hydrogens is 348 g/mol. The Balaban J connectivity index is 1.89. The van der Waals surface area contributed by atoms with Gasteiger partial charge in [0.1, 0.15) is 0 Å². The smallest absolute Gasteiger partial charge is 0.264 e. The van der Waals surface area contributed by atoms with Crippen LogP contribution in [0, 0.1) is 5.92 Å². The summed E-state index contributed by atoms with van der Waals surface area (Å²) in [4.78, 5) is 12.6. The minimum Gasteiger partial charge on any atom is -0.349 e. The zero-order valence-electron chi connectivity index (χ0n) is 15.3. The first-order valence-corrected chi connectivity index (χ1v) is 10.3. The number of nitrogens with one attached hydrogen (secondary N) is 1. The molecule has 0 radical (unpaired) electrons. The molecule has 2 aromatic carbocycles. The minimum absolute atomic E-state index is 0.00761. The largest absolute Gasteiger partial charge is 0.349 e. The molecule has 6 heteroatoms. The van der Waals surface area contributed by atoms with Crippen molar-refractivity contribution in [3.05, 3.63) is 59.7 Å². The fourth-order valence-electron chi connectivity index (χ4n) is 2.94. The second-order valence-electron chi connectivity index (χ2n) is 6.99. The molecule has 2 aromatic rings. The first-order valence-electron chi connectivity index (χ1n) is 8.82. The van der Waals surface area contributed by atoms with Crippen molar-refractivity contribution < 1.29 is 13.2 Å². The highest BCUT2D eigenvalue weighted by molar-refractivity contribution is 7.92. The zero-order chi connectivity index (χ0) is 18.9. The van der Waals surface area contributed by atoms with Crippen LogP contribution in [0.1, 0.15) is 36.7 Å². The number of rotatable bonds is 5. The van der Waals surface area contributed by atoms with Crippen LogP contribution in [0.4, 0.5) is 5.69 Å². The summed E-state index contributed by atoms with van der Waals surface area (Å²) in [5, 5.41) is 2.91. The Bertz CT molecular complexity index is 922. The predicted molar refractivity (Wildman–Crippen MR) is 103 cm³/mol. The van der Waals surface area contributed by atoms with Crippen molar-refractivity contribution in [1.29, 1.82) is 0 Å². The molecule has 0 saturated carbocycles. The third-order valence-electron chi connectivity index (χ3n) is 4.89. The Morgan fingerprint density at radius 3 is 2.54 bits per heavy atom. The highest BCUT2D eigenvalue weighted by Gasteiger charge is 2.31. The standard InChI is InChI=1S/C20H24N2O3S/c1-14(2)15(3)21-20(23)17-8-6-9-18(13-17)26(24,25)22-12-11-16-7-4-5-10-19(16)22/h4-10,13-15H,11-12H2,1-3H3,(H,21,23)/t15-/m0/s1. The molecule has 0 aliphatic carbocycles.